The molecule has 0 bridgehead atoms. The quantitative estimate of drug-likeness (QED) is 0.0703. The van der Waals surface area contributed by atoms with Crippen LogP contribution >= 0.6 is 12.0 Å². The average Bonchev–Trinajstić information content (AvgIpc) is 2.95. The van der Waals surface area contributed by atoms with Crippen LogP contribution in [0, 0.1) is 0 Å². The Balaban J connectivity index is 0.00000242. The fraction of sp³-hybridized carbons (Fsp3) is 0. The van der Waals surface area contributed by atoms with Crippen LogP contribution in [0.1, 0.15) is 20.7 Å². The molecule has 0 aliphatic rings. The Kier molecular flexibility index (Phi) is 12.2. The third kappa shape index (κ3) is 7.61. The molecule has 0 heterocycles. The predicted molar refractivity (Wildman–Crippen MR) is 146 cm³/mol. The summed E-state index contributed by atoms with van der Waals surface area (Å²) in [7, 11) is -4.94. The van der Waals surface area contributed by atoms with Crippen molar-refractivity contribution in [2.24, 2.45) is 0 Å². The molecule has 0 radical (unpaired) electrons. The van der Waals surface area contributed by atoms with Crippen molar-refractivity contribution in [2.45, 2.75) is 9.79 Å². The molecule has 5 aromatic carbocycles. The Hall–Kier alpha value is -2.30. The van der Waals surface area contributed by atoms with Crippen molar-refractivity contribution >= 4 is 66.9 Å². The van der Waals surface area contributed by atoms with Gasteiger partial charge in [-0.1, -0.05) is 66.7 Å². The van der Waals surface area contributed by atoms with Gasteiger partial charge in [0.15, 0.2) is 0 Å². The number of hydrogen-bond donors (Lipinski definition) is 2. The Morgan fingerprint density at radius 2 is 1.21 bits per heavy atom. The summed E-state index contributed by atoms with van der Waals surface area (Å²) in [6, 6.07) is 25.8. The number of hydrogen-bond acceptors (Lipinski definition) is 9. The van der Waals surface area contributed by atoms with Crippen molar-refractivity contribution in [3.05, 3.63) is 108 Å². The summed E-state index contributed by atoms with van der Waals surface area (Å²) in [4.78, 5) is 26.1. The van der Waals surface area contributed by atoms with Crippen LogP contribution in [-0.2, 0) is 19.5 Å². The Labute approximate surface area is 289 Å². The van der Waals surface area contributed by atoms with E-state index in [4.69, 9.17) is 0 Å². The Morgan fingerprint density at radius 3 is 1.81 bits per heavy atom. The first-order valence-corrected chi connectivity index (χ1v) is 13.8. The van der Waals surface area contributed by atoms with Crippen molar-refractivity contribution in [1.29, 1.82) is 0 Å². The largest absolute Gasteiger partial charge is 1.00 e. The van der Waals surface area contributed by atoms with Gasteiger partial charge in [-0.05, 0) is 46.5 Å². The van der Waals surface area contributed by atoms with Crippen LogP contribution in [0.2, 0.25) is 0 Å². The van der Waals surface area contributed by atoms with E-state index in [0.29, 0.717) is 33.4 Å². The summed E-state index contributed by atoms with van der Waals surface area (Å²) in [6.07, 6.45) is 0. The van der Waals surface area contributed by atoms with E-state index in [-0.39, 0.29) is 81.3 Å². The third-order valence-electron chi connectivity index (χ3n) is 6.04. The van der Waals surface area contributed by atoms with Gasteiger partial charge in [0.25, 0.3) is 11.8 Å². The fourth-order valence-corrected chi connectivity index (χ4v) is 5.70. The topological polar surface area (TPSA) is 157 Å². The van der Waals surface area contributed by atoms with Crippen LogP contribution in [-0.4, -0.2) is 24.8 Å². The molecule has 42 heavy (non-hydrogen) atoms. The minimum absolute atomic E-state index is 0. The SMILES string of the molecule is O=C(Nc1ccc2ccccc2c1SOO[O-])c1cccc(C(=O)Nc2ccc3ccccc3c2S(=O)(=O)[O-])c1.[Na+].[Na+]. The molecule has 0 atom stereocenters. The normalized spacial score (nSPS) is 10.9. The van der Waals surface area contributed by atoms with E-state index in [9.17, 15) is 27.8 Å². The number of fused-ring (bicyclic) bond motifs is 2. The molecule has 0 aromatic heterocycles. The summed E-state index contributed by atoms with van der Waals surface area (Å²) >= 11 is 0.639. The molecule has 0 saturated carbocycles. The van der Waals surface area contributed by atoms with Gasteiger partial charge in [0.1, 0.15) is 10.1 Å². The van der Waals surface area contributed by atoms with Crippen molar-refractivity contribution < 1.29 is 96.3 Å². The molecule has 0 spiro atoms. The van der Waals surface area contributed by atoms with Crippen LogP contribution < -0.4 is 75.0 Å². The van der Waals surface area contributed by atoms with Crippen molar-refractivity contribution in [2.75, 3.05) is 10.6 Å². The van der Waals surface area contributed by atoms with Crippen molar-refractivity contribution in [3.8, 4) is 0 Å². The van der Waals surface area contributed by atoms with E-state index in [1.807, 2.05) is 12.1 Å². The number of benzene rings is 5. The minimum atomic E-state index is -4.94. The van der Waals surface area contributed by atoms with Crippen LogP contribution in [0.3, 0.4) is 0 Å². The summed E-state index contributed by atoms with van der Waals surface area (Å²) < 4.78 is 40.8. The maximum absolute atomic E-state index is 13.1. The second kappa shape index (κ2) is 14.9. The molecule has 5 rings (SSSR count). The number of carbonyl (C=O) groups excluding carboxylic acids is 2. The smallest absolute Gasteiger partial charge is 0.744 e. The molecule has 0 saturated heterocycles. The van der Waals surface area contributed by atoms with E-state index in [0.717, 1.165) is 5.39 Å². The van der Waals surface area contributed by atoms with Crippen LogP contribution in [0.15, 0.2) is 107 Å². The second-order valence-electron chi connectivity index (χ2n) is 8.49. The molecular weight excluding hydrogens is 602 g/mol. The molecule has 0 fully saturated rings. The summed E-state index contributed by atoms with van der Waals surface area (Å²) in [5.74, 6) is -1.29. The number of amides is 2. The number of nitrogens with one attached hydrogen (secondary N) is 2. The molecule has 0 aliphatic carbocycles. The molecule has 0 unspecified atom stereocenters. The molecule has 0 aliphatic heterocycles. The number of carbonyl (C=O) groups is 2. The van der Waals surface area contributed by atoms with Gasteiger partial charge in [-0.3, -0.25) is 14.6 Å². The zero-order chi connectivity index (χ0) is 28.3. The van der Waals surface area contributed by atoms with Gasteiger partial charge in [-0.25, -0.2) is 8.42 Å². The van der Waals surface area contributed by atoms with Gasteiger partial charge in [-0.2, -0.15) is 4.33 Å². The Morgan fingerprint density at radius 1 is 0.690 bits per heavy atom. The molecule has 2 N–H and O–H groups in total. The van der Waals surface area contributed by atoms with Crippen LogP contribution in [0.5, 0.6) is 0 Å². The first-order valence-electron chi connectivity index (χ1n) is 11.6. The molecule has 2 amide bonds. The molecular formula is C28H18N2Na2O8S2. The van der Waals surface area contributed by atoms with Crippen LogP contribution in [0.25, 0.3) is 21.5 Å². The van der Waals surface area contributed by atoms with E-state index in [2.05, 4.69) is 20.0 Å². The van der Waals surface area contributed by atoms with Crippen molar-refractivity contribution in [3.63, 3.8) is 0 Å². The third-order valence-corrected chi connectivity index (χ3v) is 7.71. The van der Waals surface area contributed by atoms with Crippen molar-refractivity contribution in [1.82, 2.24) is 0 Å². The predicted octanol–water partition coefficient (Wildman–Crippen LogP) is -1.36. The molecule has 10 nitrogen and oxygen atoms in total. The van der Waals surface area contributed by atoms with E-state index in [1.165, 1.54) is 36.4 Å². The first-order chi connectivity index (χ1) is 19.3. The van der Waals surface area contributed by atoms with Gasteiger partial charge in [-0.15, -0.1) is 0 Å². The zero-order valence-corrected chi connectivity index (χ0v) is 28.0. The van der Waals surface area contributed by atoms with E-state index < -0.39 is 26.8 Å². The maximum atomic E-state index is 13.1. The van der Waals surface area contributed by atoms with Gasteiger partial charge in [0.2, 0.25) is 0 Å². The van der Waals surface area contributed by atoms with Crippen LogP contribution in [0.4, 0.5) is 11.4 Å². The molecule has 5 aromatic rings. The monoisotopic (exact) mass is 620 g/mol. The minimum Gasteiger partial charge on any atom is -0.744 e. The van der Waals surface area contributed by atoms with Gasteiger partial charge >= 0.3 is 59.1 Å². The summed E-state index contributed by atoms with van der Waals surface area (Å²) in [5, 5.41) is 21.4. The standard InChI is InChI=1S/C28H20N2O8S2.2Na/c31-27(29-23-14-12-17-6-1-3-10-21(17)25(23)39-38-37-33)19-8-5-9-20(16-19)28(32)30-24-15-13-18-7-2-4-11-22(18)26(24)40(34,35)36;;/h1-16,33H,(H,29,31)(H,30,32)(H,34,35,36);;/q;2*+1/p-2. The fourth-order valence-electron chi connectivity index (χ4n) is 4.28. The summed E-state index contributed by atoms with van der Waals surface area (Å²) in [6.45, 7) is 0. The molecule has 202 valence electrons. The molecule has 14 heteroatoms. The summed E-state index contributed by atoms with van der Waals surface area (Å²) in [5.41, 5.74) is 0.327. The van der Waals surface area contributed by atoms with E-state index >= 15 is 0 Å². The second-order valence-corrected chi connectivity index (χ2v) is 10.5. The number of rotatable bonds is 8. The average molecular weight is 621 g/mol. The van der Waals surface area contributed by atoms with Gasteiger partial charge < -0.3 is 20.4 Å². The first kappa shape index (κ1) is 34.2. The van der Waals surface area contributed by atoms with E-state index in [1.54, 1.807) is 48.5 Å². The number of anilines is 2. The Bertz CT molecular complexity index is 1890. The maximum Gasteiger partial charge on any atom is 1.00 e. The van der Waals surface area contributed by atoms with Gasteiger partial charge in [0.05, 0.1) is 33.2 Å². The zero-order valence-electron chi connectivity index (χ0n) is 22.3. The van der Waals surface area contributed by atoms with Gasteiger partial charge in [0, 0.05) is 16.5 Å².